The van der Waals surface area contributed by atoms with Crippen LogP contribution in [0.5, 0.6) is 0 Å². The molecule has 1 fully saturated rings. The normalized spacial score (nSPS) is 45.5. The summed E-state index contributed by atoms with van der Waals surface area (Å²) in [6, 6.07) is 0.806. The molecule has 1 heterocycles. The van der Waals surface area contributed by atoms with E-state index in [1.165, 1.54) is 19.4 Å². The van der Waals surface area contributed by atoms with Crippen molar-refractivity contribution in [1.82, 2.24) is 5.32 Å². The molecule has 0 bridgehead atoms. The summed E-state index contributed by atoms with van der Waals surface area (Å²) in [6.07, 6.45) is 7.47. The first-order chi connectivity index (χ1) is 4.86. The molecule has 1 heteroatoms. The fraction of sp³-hybridized carbons (Fsp3) is 0.778. The predicted octanol–water partition coefficient (Wildman–Crippen LogP) is 1.56. The molecule has 56 valence electrons. The number of allylic oxidation sites excluding steroid dienone is 1. The van der Waals surface area contributed by atoms with Gasteiger partial charge in [-0.1, -0.05) is 19.1 Å². The van der Waals surface area contributed by atoms with Gasteiger partial charge in [-0.05, 0) is 31.2 Å². The van der Waals surface area contributed by atoms with Gasteiger partial charge in [0, 0.05) is 6.04 Å². The maximum Gasteiger partial charge on any atom is 0.0136 e. The molecule has 1 nitrogen and oxygen atoms in total. The summed E-state index contributed by atoms with van der Waals surface area (Å²) >= 11 is 0. The van der Waals surface area contributed by atoms with E-state index in [1.54, 1.807) is 0 Å². The maximum atomic E-state index is 3.54. The largest absolute Gasteiger partial charge is 0.313 e. The van der Waals surface area contributed by atoms with E-state index in [0.29, 0.717) is 0 Å². The van der Waals surface area contributed by atoms with Crippen LogP contribution in [0.1, 0.15) is 19.8 Å². The summed E-state index contributed by atoms with van der Waals surface area (Å²) in [5, 5.41) is 3.54. The lowest BCUT2D eigenvalue weighted by molar-refractivity contribution is 0.416. The Balaban J connectivity index is 2.09. The first-order valence-corrected chi connectivity index (χ1v) is 4.28. The molecule has 1 aliphatic heterocycles. The van der Waals surface area contributed by atoms with E-state index in [1.807, 2.05) is 0 Å². The molecular formula is C9H15N. The minimum Gasteiger partial charge on any atom is -0.313 e. The van der Waals surface area contributed by atoms with E-state index in [4.69, 9.17) is 0 Å². The Labute approximate surface area is 62.5 Å². The number of rotatable bonds is 0. The molecule has 2 aliphatic rings. The van der Waals surface area contributed by atoms with Crippen LogP contribution in [-0.2, 0) is 0 Å². The van der Waals surface area contributed by atoms with Crippen molar-refractivity contribution in [3.8, 4) is 0 Å². The SMILES string of the molecule is CC1C=CC2CCNC2C1. The fourth-order valence-corrected chi connectivity index (χ4v) is 2.09. The summed E-state index contributed by atoms with van der Waals surface area (Å²) < 4.78 is 0. The summed E-state index contributed by atoms with van der Waals surface area (Å²) in [6.45, 7) is 3.53. The molecule has 3 atom stereocenters. The van der Waals surface area contributed by atoms with Gasteiger partial charge in [0.1, 0.15) is 0 Å². The molecule has 0 aromatic carbocycles. The molecule has 0 amide bonds. The lowest BCUT2D eigenvalue weighted by Crippen LogP contribution is -2.30. The van der Waals surface area contributed by atoms with E-state index in [-0.39, 0.29) is 0 Å². The van der Waals surface area contributed by atoms with Gasteiger partial charge in [0.05, 0.1) is 0 Å². The first-order valence-electron chi connectivity index (χ1n) is 4.28. The molecule has 0 aromatic rings. The van der Waals surface area contributed by atoms with Gasteiger partial charge in [0.2, 0.25) is 0 Å². The number of fused-ring (bicyclic) bond motifs is 1. The van der Waals surface area contributed by atoms with E-state index in [2.05, 4.69) is 24.4 Å². The molecule has 0 radical (unpaired) electrons. The Morgan fingerprint density at radius 3 is 3.20 bits per heavy atom. The van der Waals surface area contributed by atoms with Crippen LogP contribution >= 0.6 is 0 Å². The van der Waals surface area contributed by atoms with E-state index < -0.39 is 0 Å². The van der Waals surface area contributed by atoms with Crippen LogP contribution in [0, 0.1) is 11.8 Å². The topological polar surface area (TPSA) is 12.0 Å². The van der Waals surface area contributed by atoms with Crippen molar-refractivity contribution in [2.24, 2.45) is 11.8 Å². The summed E-state index contributed by atoms with van der Waals surface area (Å²) in [5.74, 6) is 1.66. The third-order valence-corrected chi connectivity index (χ3v) is 2.71. The molecular weight excluding hydrogens is 122 g/mol. The Morgan fingerprint density at radius 2 is 2.30 bits per heavy atom. The molecule has 3 unspecified atom stereocenters. The van der Waals surface area contributed by atoms with Crippen LogP contribution < -0.4 is 5.32 Å². The summed E-state index contributed by atoms with van der Waals surface area (Å²) in [4.78, 5) is 0. The predicted molar refractivity (Wildman–Crippen MR) is 42.8 cm³/mol. The highest BCUT2D eigenvalue weighted by Crippen LogP contribution is 2.27. The third kappa shape index (κ3) is 0.988. The van der Waals surface area contributed by atoms with Crippen molar-refractivity contribution in [2.75, 3.05) is 6.54 Å². The van der Waals surface area contributed by atoms with Crippen molar-refractivity contribution in [3.05, 3.63) is 12.2 Å². The van der Waals surface area contributed by atoms with Crippen LogP contribution in [0.15, 0.2) is 12.2 Å². The van der Waals surface area contributed by atoms with Gasteiger partial charge in [-0.3, -0.25) is 0 Å². The van der Waals surface area contributed by atoms with E-state index >= 15 is 0 Å². The Hall–Kier alpha value is -0.300. The third-order valence-electron chi connectivity index (χ3n) is 2.71. The quantitative estimate of drug-likeness (QED) is 0.500. The van der Waals surface area contributed by atoms with Crippen molar-refractivity contribution in [3.63, 3.8) is 0 Å². The van der Waals surface area contributed by atoms with Gasteiger partial charge in [0.15, 0.2) is 0 Å². The van der Waals surface area contributed by atoms with Gasteiger partial charge >= 0.3 is 0 Å². The standard InChI is InChI=1S/C9H15N/c1-7-2-3-8-4-5-10-9(8)6-7/h2-3,7-10H,4-6H2,1H3. The van der Waals surface area contributed by atoms with Crippen LogP contribution in [0.3, 0.4) is 0 Å². The molecule has 2 rings (SSSR count). The number of hydrogen-bond acceptors (Lipinski definition) is 1. The van der Waals surface area contributed by atoms with Crippen LogP contribution in [0.4, 0.5) is 0 Å². The fourth-order valence-electron chi connectivity index (χ4n) is 2.09. The molecule has 0 saturated carbocycles. The smallest absolute Gasteiger partial charge is 0.0136 e. The van der Waals surface area contributed by atoms with Gasteiger partial charge in [-0.2, -0.15) is 0 Å². The second-order valence-electron chi connectivity index (χ2n) is 3.61. The lowest BCUT2D eigenvalue weighted by atomic mass is 9.86. The monoisotopic (exact) mass is 137 g/mol. The zero-order chi connectivity index (χ0) is 6.97. The average molecular weight is 137 g/mol. The zero-order valence-corrected chi connectivity index (χ0v) is 6.51. The highest BCUT2D eigenvalue weighted by molar-refractivity contribution is 5.05. The second kappa shape index (κ2) is 2.39. The highest BCUT2D eigenvalue weighted by atomic mass is 14.9. The number of nitrogens with one attached hydrogen (secondary N) is 1. The van der Waals surface area contributed by atoms with Crippen LogP contribution in [-0.4, -0.2) is 12.6 Å². The zero-order valence-electron chi connectivity index (χ0n) is 6.51. The minimum absolute atomic E-state index is 0.798. The molecule has 10 heavy (non-hydrogen) atoms. The van der Waals surface area contributed by atoms with Gasteiger partial charge in [-0.25, -0.2) is 0 Å². The van der Waals surface area contributed by atoms with Gasteiger partial charge in [0.25, 0.3) is 0 Å². The van der Waals surface area contributed by atoms with Crippen molar-refractivity contribution in [1.29, 1.82) is 0 Å². The molecule has 0 spiro atoms. The Bertz CT molecular complexity index is 151. The Morgan fingerprint density at radius 1 is 1.40 bits per heavy atom. The molecule has 1 N–H and O–H groups in total. The molecule has 0 aromatic heterocycles. The summed E-state index contributed by atoms with van der Waals surface area (Å²) in [5.41, 5.74) is 0. The van der Waals surface area contributed by atoms with Crippen molar-refractivity contribution >= 4 is 0 Å². The lowest BCUT2D eigenvalue weighted by Gasteiger charge is -2.23. The van der Waals surface area contributed by atoms with Gasteiger partial charge < -0.3 is 5.32 Å². The van der Waals surface area contributed by atoms with Crippen molar-refractivity contribution in [2.45, 2.75) is 25.8 Å². The highest BCUT2D eigenvalue weighted by Gasteiger charge is 2.28. The van der Waals surface area contributed by atoms with E-state index in [9.17, 15) is 0 Å². The maximum absolute atomic E-state index is 3.54. The molecule has 1 saturated heterocycles. The average Bonchev–Trinajstić information content (AvgIpc) is 2.33. The van der Waals surface area contributed by atoms with Crippen molar-refractivity contribution < 1.29 is 0 Å². The minimum atomic E-state index is 0.798. The number of hydrogen-bond donors (Lipinski definition) is 1. The van der Waals surface area contributed by atoms with Gasteiger partial charge in [-0.15, -0.1) is 0 Å². The summed E-state index contributed by atoms with van der Waals surface area (Å²) in [7, 11) is 0. The van der Waals surface area contributed by atoms with Crippen LogP contribution in [0.25, 0.3) is 0 Å². The first kappa shape index (κ1) is 6.41. The Kier molecular flexibility index (Phi) is 1.53. The van der Waals surface area contributed by atoms with Crippen LogP contribution in [0.2, 0.25) is 0 Å². The van der Waals surface area contributed by atoms with E-state index in [0.717, 1.165) is 17.9 Å². The molecule has 1 aliphatic carbocycles. The second-order valence-corrected chi connectivity index (χ2v) is 3.61.